The van der Waals surface area contributed by atoms with Gasteiger partial charge in [0.1, 0.15) is 5.82 Å². The molecule has 2 aromatic heterocycles. The molecule has 0 bridgehead atoms. The second kappa shape index (κ2) is 7.95. The smallest absolute Gasteiger partial charge is 0.227 e. The molecule has 6 heteroatoms. The highest BCUT2D eigenvalue weighted by Crippen LogP contribution is 2.24. The second-order valence-electron chi connectivity index (χ2n) is 7.00. The maximum atomic E-state index is 12.9. The summed E-state index contributed by atoms with van der Waals surface area (Å²) in [4.78, 5) is 26.0. The number of aromatic nitrogens is 2. The van der Waals surface area contributed by atoms with Gasteiger partial charge >= 0.3 is 0 Å². The number of thiazole rings is 1. The summed E-state index contributed by atoms with van der Waals surface area (Å²) < 4.78 is 0. The Morgan fingerprint density at radius 2 is 2.28 bits per heavy atom. The standard InChI is InChI=1S/C19H26N4OS/c1-14(2)18-21-16(13-25-18)12-22(3)19(24)15-7-6-10-23(11-15)17-8-4-5-9-20-17/h4-5,8-9,13-15H,6-7,10-12H2,1-3H3/t15-/m0/s1. The first kappa shape index (κ1) is 17.9. The van der Waals surface area contributed by atoms with Gasteiger partial charge in [-0.1, -0.05) is 19.9 Å². The normalized spacial score (nSPS) is 17.8. The van der Waals surface area contributed by atoms with Crippen LogP contribution in [0.2, 0.25) is 0 Å². The van der Waals surface area contributed by atoms with E-state index in [1.165, 1.54) is 0 Å². The minimum atomic E-state index is 0.0314. The summed E-state index contributed by atoms with van der Waals surface area (Å²) >= 11 is 1.68. The lowest BCUT2D eigenvalue weighted by Crippen LogP contribution is -2.43. The quantitative estimate of drug-likeness (QED) is 0.820. The summed E-state index contributed by atoms with van der Waals surface area (Å²) in [5, 5.41) is 3.20. The number of pyridine rings is 1. The largest absolute Gasteiger partial charge is 0.356 e. The minimum absolute atomic E-state index is 0.0314. The van der Waals surface area contributed by atoms with E-state index in [9.17, 15) is 4.79 Å². The molecular formula is C19H26N4OS. The molecule has 1 aliphatic heterocycles. The van der Waals surface area contributed by atoms with E-state index in [4.69, 9.17) is 0 Å². The van der Waals surface area contributed by atoms with Gasteiger partial charge in [0.25, 0.3) is 0 Å². The van der Waals surface area contributed by atoms with Crippen molar-refractivity contribution >= 4 is 23.1 Å². The summed E-state index contributed by atoms with van der Waals surface area (Å²) in [5.74, 6) is 1.64. The van der Waals surface area contributed by atoms with E-state index in [0.29, 0.717) is 12.5 Å². The highest BCUT2D eigenvalue weighted by Gasteiger charge is 2.28. The zero-order chi connectivity index (χ0) is 17.8. The van der Waals surface area contributed by atoms with Crippen molar-refractivity contribution < 1.29 is 4.79 Å². The average Bonchev–Trinajstić information content (AvgIpc) is 3.11. The predicted octanol–water partition coefficient (Wildman–Crippen LogP) is 3.54. The van der Waals surface area contributed by atoms with Crippen LogP contribution in [0, 0.1) is 5.92 Å². The molecule has 0 spiro atoms. The van der Waals surface area contributed by atoms with Crippen LogP contribution in [0.5, 0.6) is 0 Å². The Labute approximate surface area is 153 Å². The van der Waals surface area contributed by atoms with Crippen LogP contribution in [0.15, 0.2) is 29.8 Å². The molecule has 5 nitrogen and oxygen atoms in total. The Morgan fingerprint density at radius 3 is 2.96 bits per heavy atom. The molecule has 0 unspecified atom stereocenters. The van der Waals surface area contributed by atoms with Gasteiger partial charge in [-0.2, -0.15) is 0 Å². The number of carbonyl (C=O) groups is 1. The molecule has 2 aromatic rings. The van der Waals surface area contributed by atoms with Crippen molar-refractivity contribution in [1.29, 1.82) is 0 Å². The Hall–Kier alpha value is -1.95. The number of piperidine rings is 1. The lowest BCUT2D eigenvalue weighted by atomic mass is 9.96. The van der Waals surface area contributed by atoms with Crippen molar-refractivity contribution in [2.75, 3.05) is 25.0 Å². The number of anilines is 1. The predicted molar refractivity (Wildman–Crippen MR) is 102 cm³/mol. The van der Waals surface area contributed by atoms with Crippen LogP contribution in [0.4, 0.5) is 5.82 Å². The van der Waals surface area contributed by atoms with Gasteiger partial charge < -0.3 is 9.80 Å². The second-order valence-corrected chi connectivity index (χ2v) is 7.89. The third kappa shape index (κ3) is 4.37. The first-order valence-corrected chi connectivity index (χ1v) is 9.78. The van der Waals surface area contributed by atoms with E-state index >= 15 is 0 Å². The Balaban J connectivity index is 1.61. The van der Waals surface area contributed by atoms with Gasteiger partial charge in [-0.25, -0.2) is 9.97 Å². The Kier molecular flexibility index (Phi) is 5.68. The zero-order valence-corrected chi connectivity index (χ0v) is 16.0. The first-order valence-electron chi connectivity index (χ1n) is 8.90. The topological polar surface area (TPSA) is 49.3 Å². The van der Waals surface area contributed by atoms with E-state index < -0.39 is 0 Å². The number of rotatable bonds is 5. The number of amides is 1. The number of hydrogen-bond acceptors (Lipinski definition) is 5. The molecule has 1 atom stereocenters. The van der Waals surface area contributed by atoms with E-state index in [0.717, 1.165) is 42.5 Å². The fourth-order valence-electron chi connectivity index (χ4n) is 3.22. The number of hydrogen-bond donors (Lipinski definition) is 0. The van der Waals surface area contributed by atoms with Crippen LogP contribution in [-0.4, -0.2) is 40.9 Å². The van der Waals surface area contributed by atoms with E-state index in [-0.39, 0.29) is 11.8 Å². The van der Waals surface area contributed by atoms with E-state index in [2.05, 4.69) is 34.1 Å². The van der Waals surface area contributed by atoms with Crippen molar-refractivity contribution in [2.24, 2.45) is 5.92 Å². The number of nitrogens with zero attached hydrogens (tertiary/aromatic N) is 4. The maximum Gasteiger partial charge on any atom is 0.227 e. The number of carbonyl (C=O) groups excluding carboxylic acids is 1. The van der Waals surface area contributed by atoms with Gasteiger partial charge in [0.05, 0.1) is 23.2 Å². The van der Waals surface area contributed by atoms with Crippen LogP contribution < -0.4 is 4.90 Å². The summed E-state index contributed by atoms with van der Waals surface area (Å²) in [6.07, 6.45) is 3.78. The van der Waals surface area contributed by atoms with Crippen molar-refractivity contribution in [2.45, 2.75) is 39.2 Å². The maximum absolute atomic E-state index is 12.9. The molecule has 1 aliphatic rings. The van der Waals surface area contributed by atoms with Crippen molar-refractivity contribution in [3.8, 4) is 0 Å². The molecule has 1 saturated heterocycles. The molecule has 0 N–H and O–H groups in total. The molecule has 0 saturated carbocycles. The van der Waals surface area contributed by atoms with E-state index in [1.807, 2.05) is 30.1 Å². The SMILES string of the molecule is CC(C)c1nc(CN(C)C(=O)[C@H]2CCCN(c3ccccn3)C2)cs1. The third-order valence-corrected chi connectivity index (χ3v) is 5.78. The van der Waals surface area contributed by atoms with Gasteiger partial charge in [0.15, 0.2) is 0 Å². The highest BCUT2D eigenvalue weighted by molar-refractivity contribution is 7.09. The Morgan fingerprint density at radius 1 is 1.44 bits per heavy atom. The molecule has 1 fully saturated rings. The Bertz CT molecular complexity index is 700. The molecule has 0 aliphatic carbocycles. The fraction of sp³-hybridized carbons (Fsp3) is 0.526. The van der Waals surface area contributed by atoms with E-state index in [1.54, 1.807) is 17.5 Å². The van der Waals surface area contributed by atoms with Crippen LogP contribution in [0.1, 0.15) is 43.3 Å². The summed E-state index contributed by atoms with van der Waals surface area (Å²) in [6.45, 7) is 6.59. The van der Waals surface area contributed by atoms with Gasteiger partial charge in [-0.3, -0.25) is 4.79 Å². The molecule has 25 heavy (non-hydrogen) atoms. The molecule has 0 radical (unpaired) electrons. The van der Waals surface area contributed by atoms with Crippen LogP contribution in [0.25, 0.3) is 0 Å². The molecule has 134 valence electrons. The molecule has 0 aromatic carbocycles. The summed E-state index contributed by atoms with van der Waals surface area (Å²) in [7, 11) is 1.89. The van der Waals surface area contributed by atoms with Gasteiger partial charge in [0, 0.05) is 37.6 Å². The third-order valence-electron chi connectivity index (χ3n) is 4.58. The fourth-order valence-corrected chi connectivity index (χ4v) is 4.05. The van der Waals surface area contributed by atoms with Crippen LogP contribution in [-0.2, 0) is 11.3 Å². The average molecular weight is 359 g/mol. The molecule has 3 heterocycles. The minimum Gasteiger partial charge on any atom is -0.356 e. The van der Waals surface area contributed by atoms with Crippen molar-refractivity contribution in [3.05, 3.63) is 40.5 Å². The molecular weight excluding hydrogens is 332 g/mol. The highest BCUT2D eigenvalue weighted by atomic mass is 32.1. The monoisotopic (exact) mass is 358 g/mol. The molecule has 1 amide bonds. The van der Waals surface area contributed by atoms with Crippen LogP contribution in [0.3, 0.4) is 0 Å². The lowest BCUT2D eigenvalue weighted by molar-refractivity contribution is -0.135. The summed E-state index contributed by atoms with van der Waals surface area (Å²) in [5.41, 5.74) is 0.988. The zero-order valence-electron chi connectivity index (χ0n) is 15.2. The summed E-state index contributed by atoms with van der Waals surface area (Å²) in [6, 6.07) is 5.93. The molecule has 3 rings (SSSR count). The lowest BCUT2D eigenvalue weighted by Gasteiger charge is -2.34. The van der Waals surface area contributed by atoms with Crippen LogP contribution >= 0.6 is 11.3 Å². The van der Waals surface area contributed by atoms with Gasteiger partial charge in [-0.15, -0.1) is 11.3 Å². The van der Waals surface area contributed by atoms with Gasteiger partial charge in [0.2, 0.25) is 5.91 Å². The van der Waals surface area contributed by atoms with Gasteiger partial charge in [-0.05, 0) is 25.0 Å². The first-order chi connectivity index (χ1) is 12.0. The van der Waals surface area contributed by atoms with Crippen molar-refractivity contribution in [3.63, 3.8) is 0 Å². The van der Waals surface area contributed by atoms with Crippen molar-refractivity contribution in [1.82, 2.24) is 14.9 Å².